The number of alkyl halides is 3. The fourth-order valence-corrected chi connectivity index (χ4v) is 5.19. The second-order valence-corrected chi connectivity index (χ2v) is 10.3. The van der Waals surface area contributed by atoms with E-state index in [9.17, 15) is 22.8 Å². The molecule has 0 radical (unpaired) electrons. The number of pyridine rings is 1. The van der Waals surface area contributed by atoms with Crippen molar-refractivity contribution in [3.05, 3.63) is 64.1 Å². The van der Waals surface area contributed by atoms with Gasteiger partial charge in [-0.1, -0.05) is 6.92 Å². The first-order valence-electron chi connectivity index (χ1n) is 13.6. The van der Waals surface area contributed by atoms with Gasteiger partial charge in [-0.05, 0) is 32.1 Å². The van der Waals surface area contributed by atoms with Gasteiger partial charge in [-0.25, -0.2) is 14.4 Å². The number of likely N-dealkylation sites (N-methyl/N-ethyl adjacent to an activating group) is 1. The average Bonchev–Trinajstić information content (AvgIpc) is 3.48. The summed E-state index contributed by atoms with van der Waals surface area (Å²) in [7, 11) is 1.98. The van der Waals surface area contributed by atoms with E-state index in [2.05, 4.69) is 25.2 Å². The molecule has 10 nitrogen and oxygen atoms in total. The van der Waals surface area contributed by atoms with E-state index in [-0.39, 0.29) is 17.3 Å². The molecule has 1 aromatic carbocycles. The first-order valence-corrected chi connectivity index (χ1v) is 13.6. The summed E-state index contributed by atoms with van der Waals surface area (Å²) >= 11 is 0. The molecular weight excluding hydrogens is 558 g/mol. The summed E-state index contributed by atoms with van der Waals surface area (Å²) in [4.78, 5) is 41.7. The van der Waals surface area contributed by atoms with E-state index in [0.29, 0.717) is 62.7 Å². The van der Waals surface area contributed by atoms with Crippen LogP contribution in [0.2, 0.25) is 0 Å². The van der Waals surface area contributed by atoms with Crippen LogP contribution in [-0.4, -0.2) is 84.8 Å². The Morgan fingerprint density at radius 1 is 1.14 bits per heavy atom. The van der Waals surface area contributed by atoms with Crippen LogP contribution in [0.25, 0.3) is 11.1 Å². The van der Waals surface area contributed by atoms with Crippen LogP contribution >= 0.6 is 0 Å². The van der Waals surface area contributed by atoms with Gasteiger partial charge in [-0.3, -0.25) is 9.59 Å². The van der Waals surface area contributed by atoms with Crippen LogP contribution in [0.3, 0.4) is 0 Å². The number of H-pyrrole nitrogens is 1. The Kier molecular flexibility index (Phi) is 8.45. The van der Waals surface area contributed by atoms with E-state index in [1.807, 2.05) is 23.8 Å². The molecule has 0 bridgehead atoms. The zero-order valence-electron chi connectivity index (χ0n) is 23.2. The lowest BCUT2D eigenvalue weighted by Crippen LogP contribution is -2.37. The number of morpholine rings is 1. The molecule has 0 spiro atoms. The molecule has 4 heterocycles. The fourth-order valence-electron chi connectivity index (χ4n) is 5.19. The highest BCUT2D eigenvalue weighted by Crippen LogP contribution is 2.37. The summed E-state index contributed by atoms with van der Waals surface area (Å²) in [6.07, 6.45) is -0.494. The van der Waals surface area contributed by atoms with Crippen molar-refractivity contribution in [2.24, 2.45) is 0 Å². The molecule has 2 fully saturated rings. The third-order valence-corrected chi connectivity index (χ3v) is 7.68. The number of aromatic amines is 1. The van der Waals surface area contributed by atoms with E-state index < -0.39 is 34.6 Å². The molecule has 1 amide bonds. The summed E-state index contributed by atoms with van der Waals surface area (Å²) in [6, 6.07) is 3.17. The Balaban J connectivity index is 1.52. The lowest BCUT2D eigenvalue weighted by molar-refractivity contribution is -0.138. The third-order valence-electron chi connectivity index (χ3n) is 7.68. The molecule has 0 aliphatic carbocycles. The van der Waals surface area contributed by atoms with Crippen LogP contribution in [-0.2, 0) is 10.9 Å². The van der Waals surface area contributed by atoms with Crippen molar-refractivity contribution in [2.75, 3.05) is 68.1 Å². The van der Waals surface area contributed by atoms with Crippen molar-refractivity contribution >= 4 is 23.2 Å². The zero-order valence-corrected chi connectivity index (χ0v) is 23.2. The van der Waals surface area contributed by atoms with Gasteiger partial charge < -0.3 is 29.7 Å². The zero-order chi connectivity index (χ0) is 30.0. The van der Waals surface area contributed by atoms with Crippen molar-refractivity contribution < 1.29 is 27.1 Å². The minimum Gasteiger partial charge on any atom is -0.378 e. The van der Waals surface area contributed by atoms with Gasteiger partial charge in [0.2, 0.25) is 11.5 Å². The third kappa shape index (κ3) is 6.23. The maximum atomic E-state index is 15.7. The molecule has 14 heteroatoms. The number of aromatic nitrogens is 3. The standard InChI is InChI=1S/C28H31F4N7O3/c1-3-37(2)18-4-5-39(16-18)24-12-22(29)19(17-13-34-27(35-14-17)38-6-8-42-9-7-38)10-23(24)36-26(41)20-15-33-25(40)11-21(20)28(30,31)32/h10-15,18H,3-9,16H2,1-2H3,(H,33,40)(H,36,41)/t18-/m0/s1. The van der Waals surface area contributed by atoms with Gasteiger partial charge in [0.05, 0.1) is 35.7 Å². The van der Waals surface area contributed by atoms with E-state index in [1.54, 1.807) is 0 Å². The van der Waals surface area contributed by atoms with Crippen LogP contribution in [0, 0.1) is 5.82 Å². The quantitative estimate of drug-likeness (QED) is 0.403. The lowest BCUT2D eigenvalue weighted by atomic mass is 10.0. The molecule has 2 N–H and O–H groups in total. The van der Waals surface area contributed by atoms with Crippen molar-refractivity contribution in [2.45, 2.75) is 25.6 Å². The first kappa shape index (κ1) is 29.5. The van der Waals surface area contributed by atoms with Gasteiger partial charge in [0.1, 0.15) is 5.82 Å². The smallest absolute Gasteiger partial charge is 0.378 e. The number of benzene rings is 1. The molecule has 2 saturated heterocycles. The van der Waals surface area contributed by atoms with Gasteiger partial charge >= 0.3 is 6.18 Å². The molecule has 0 saturated carbocycles. The molecule has 2 aliphatic heterocycles. The van der Waals surface area contributed by atoms with Gasteiger partial charge in [0.15, 0.2) is 0 Å². The number of nitrogens with one attached hydrogen (secondary N) is 2. The SMILES string of the molecule is CCN(C)[C@H]1CCN(c2cc(F)c(-c3cnc(N4CCOCC4)nc3)cc2NC(=O)c2c[nH]c(=O)cc2C(F)(F)F)C1. The number of hydrogen-bond donors (Lipinski definition) is 2. The predicted molar refractivity (Wildman–Crippen MR) is 149 cm³/mol. The molecule has 2 aromatic heterocycles. The van der Waals surface area contributed by atoms with Gasteiger partial charge in [-0.2, -0.15) is 13.2 Å². The number of rotatable bonds is 7. The molecule has 3 aromatic rings. The van der Waals surface area contributed by atoms with E-state index >= 15 is 4.39 Å². The number of halogens is 4. The molecule has 224 valence electrons. The number of carbonyl (C=O) groups is 1. The highest BCUT2D eigenvalue weighted by molar-refractivity contribution is 6.07. The van der Waals surface area contributed by atoms with E-state index in [0.717, 1.165) is 19.2 Å². The Bertz CT molecular complexity index is 1490. The van der Waals surface area contributed by atoms with Gasteiger partial charge in [0.25, 0.3) is 5.91 Å². The van der Waals surface area contributed by atoms with Crippen molar-refractivity contribution in [3.8, 4) is 11.1 Å². The fraction of sp³-hybridized carbons (Fsp3) is 0.429. The molecule has 42 heavy (non-hydrogen) atoms. The molecular formula is C28H31F4N7O3. The molecule has 0 unspecified atom stereocenters. The summed E-state index contributed by atoms with van der Waals surface area (Å²) in [5.41, 5.74) is -2.27. The molecule has 2 aliphatic rings. The van der Waals surface area contributed by atoms with Crippen LogP contribution in [0.1, 0.15) is 29.3 Å². The number of nitrogens with zero attached hydrogens (tertiary/aromatic N) is 5. The molecule has 5 rings (SSSR count). The Hall–Kier alpha value is -4.04. The number of hydrogen-bond acceptors (Lipinski definition) is 8. The number of ether oxygens (including phenoxy) is 1. The number of anilines is 3. The Morgan fingerprint density at radius 2 is 1.86 bits per heavy atom. The highest BCUT2D eigenvalue weighted by Gasteiger charge is 2.36. The highest BCUT2D eigenvalue weighted by atomic mass is 19.4. The minimum absolute atomic E-state index is 0.0708. The summed E-state index contributed by atoms with van der Waals surface area (Å²) < 4.78 is 62.1. The summed E-state index contributed by atoms with van der Waals surface area (Å²) in [5.74, 6) is -1.23. The van der Waals surface area contributed by atoms with Crippen molar-refractivity contribution in [1.29, 1.82) is 0 Å². The van der Waals surface area contributed by atoms with Crippen LogP contribution in [0.15, 0.2) is 41.6 Å². The monoisotopic (exact) mass is 589 g/mol. The second kappa shape index (κ2) is 12.1. The van der Waals surface area contributed by atoms with E-state index in [4.69, 9.17) is 4.74 Å². The predicted octanol–water partition coefficient (Wildman–Crippen LogP) is 3.61. The number of amides is 1. The van der Waals surface area contributed by atoms with E-state index in [1.165, 1.54) is 24.5 Å². The summed E-state index contributed by atoms with van der Waals surface area (Å²) in [5, 5.41) is 2.55. The van der Waals surface area contributed by atoms with Crippen LogP contribution < -0.4 is 20.7 Å². The Morgan fingerprint density at radius 3 is 2.52 bits per heavy atom. The largest absolute Gasteiger partial charge is 0.417 e. The average molecular weight is 590 g/mol. The second-order valence-electron chi connectivity index (χ2n) is 10.3. The topological polar surface area (TPSA) is 107 Å². The maximum absolute atomic E-state index is 15.7. The molecule has 1 atom stereocenters. The van der Waals surface area contributed by atoms with Crippen molar-refractivity contribution in [3.63, 3.8) is 0 Å². The Labute approximate surface area is 239 Å². The van der Waals surface area contributed by atoms with Crippen molar-refractivity contribution in [1.82, 2.24) is 19.9 Å². The van der Waals surface area contributed by atoms with Crippen LogP contribution in [0.4, 0.5) is 34.9 Å². The minimum atomic E-state index is -4.94. The normalized spacial score (nSPS) is 17.6. The maximum Gasteiger partial charge on any atom is 0.417 e. The number of carbonyl (C=O) groups excluding carboxylic acids is 1. The van der Waals surface area contributed by atoms with Gasteiger partial charge in [0, 0.05) is 68.0 Å². The lowest BCUT2D eigenvalue weighted by Gasteiger charge is -2.27. The van der Waals surface area contributed by atoms with Gasteiger partial charge in [-0.15, -0.1) is 0 Å². The first-order chi connectivity index (χ1) is 20.0. The van der Waals surface area contributed by atoms with Crippen LogP contribution in [0.5, 0.6) is 0 Å². The summed E-state index contributed by atoms with van der Waals surface area (Å²) in [6.45, 7) is 6.25.